The highest BCUT2D eigenvalue weighted by atomic mass is 16.2. The smallest absolute Gasteiger partial charge is 0.271 e. The van der Waals surface area contributed by atoms with Crippen molar-refractivity contribution < 1.29 is 9.59 Å². The summed E-state index contributed by atoms with van der Waals surface area (Å²) >= 11 is 0. The highest BCUT2D eigenvalue weighted by molar-refractivity contribution is 6.35. The molecule has 0 aliphatic rings. The fraction of sp³-hybridized carbons (Fsp3) is 0. The van der Waals surface area contributed by atoms with E-state index >= 15 is 0 Å². The van der Waals surface area contributed by atoms with Crippen molar-refractivity contribution in [2.24, 2.45) is 5.10 Å². The second kappa shape index (κ2) is 6.20. The summed E-state index contributed by atoms with van der Waals surface area (Å²) in [6, 6.07) is 11.8. The molecule has 19 heavy (non-hydrogen) atoms. The minimum Gasteiger partial charge on any atom is -0.287 e. The SMILES string of the molecule is O=C(/C=N/NC(=O)c1ccncc1)c1ccccc1. The molecule has 0 saturated carbocycles. The number of nitrogens with zero attached hydrogens (tertiary/aromatic N) is 2. The van der Waals surface area contributed by atoms with Gasteiger partial charge in [0.2, 0.25) is 5.78 Å². The van der Waals surface area contributed by atoms with Crippen molar-refractivity contribution in [3.63, 3.8) is 0 Å². The molecule has 1 N–H and O–H groups in total. The van der Waals surface area contributed by atoms with Gasteiger partial charge in [-0.05, 0) is 12.1 Å². The number of carbonyl (C=O) groups excluding carboxylic acids is 2. The maximum Gasteiger partial charge on any atom is 0.271 e. The van der Waals surface area contributed by atoms with E-state index in [9.17, 15) is 9.59 Å². The van der Waals surface area contributed by atoms with Crippen molar-refractivity contribution in [1.29, 1.82) is 0 Å². The van der Waals surface area contributed by atoms with Gasteiger partial charge in [0.05, 0.1) is 6.21 Å². The van der Waals surface area contributed by atoms with Crippen molar-refractivity contribution in [3.05, 3.63) is 66.0 Å². The van der Waals surface area contributed by atoms with Crippen LogP contribution in [-0.2, 0) is 0 Å². The minimum atomic E-state index is -0.389. The Morgan fingerprint density at radius 3 is 2.37 bits per heavy atom. The molecule has 0 fully saturated rings. The molecule has 0 saturated heterocycles. The molecule has 1 aromatic carbocycles. The number of carbonyl (C=O) groups is 2. The van der Waals surface area contributed by atoms with Crippen LogP contribution in [0.4, 0.5) is 0 Å². The number of nitrogens with one attached hydrogen (secondary N) is 1. The summed E-state index contributed by atoms with van der Waals surface area (Å²) in [5, 5.41) is 3.63. The van der Waals surface area contributed by atoms with Crippen LogP contribution >= 0.6 is 0 Å². The van der Waals surface area contributed by atoms with E-state index in [0.717, 1.165) is 6.21 Å². The Labute approximate surface area is 110 Å². The Kier molecular flexibility index (Phi) is 4.12. The quantitative estimate of drug-likeness (QED) is 0.512. The second-order valence-electron chi connectivity index (χ2n) is 3.67. The lowest BCUT2D eigenvalue weighted by Crippen LogP contribution is -2.18. The summed E-state index contributed by atoms with van der Waals surface area (Å²) in [4.78, 5) is 27.1. The Morgan fingerprint density at radius 1 is 1.00 bits per heavy atom. The van der Waals surface area contributed by atoms with Gasteiger partial charge >= 0.3 is 0 Å². The molecule has 0 bridgehead atoms. The summed E-state index contributed by atoms with van der Waals surface area (Å²) in [5.41, 5.74) is 3.23. The van der Waals surface area contributed by atoms with Gasteiger partial charge in [0.1, 0.15) is 0 Å². The van der Waals surface area contributed by atoms with E-state index < -0.39 is 0 Å². The predicted molar refractivity (Wildman–Crippen MR) is 71.0 cm³/mol. The average Bonchev–Trinajstić information content (AvgIpc) is 2.49. The monoisotopic (exact) mass is 253 g/mol. The Hall–Kier alpha value is -2.82. The topological polar surface area (TPSA) is 71.4 Å². The van der Waals surface area contributed by atoms with Gasteiger partial charge in [0.15, 0.2) is 0 Å². The zero-order valence-corrected chi connectivity index (χ0v) is 9.98. The van der Waals surface area contributed by atoms with Crippen LogP contribution < -0.4 is 5.43 Å². The molecule has 2 aromatic rings. The average molecular weight is 253 g/mol. The molecule has 5 nitrogen and oxygen atoms in total. The van der Waals surface area contributed by atoms with Gasteiger partial charge in [-0.25, -0.2) is 5.43 Å². The summed E-state index contributed by atoms with van der Waals surface area (Å²) in [6.45, 7) is 0. The van der Waals surface area contributed by atoms with Crippen LogP contribution in [0.5, 0.6) is 0 Å². The molecule has 0 atom stereocenters. The van der Waals surface area contributed by atoms with Crippen molar-refractivity contribution in [3.8, 4) is 0 Å². The van der Waals surface area contributed by atoms with E-state index in [2.05, 4.69) is 15.5 Å². The molecule has 2 rings (SSSR count). The number of benzene rings is 1. The number of rotatable bonds is 4. The predicted octanol–water partition coefficient (Wildman–Crippen LogP) is 1.68. The Balaban J connectivity index is 1.94. The Morgan fingerprint density at radius 2 is 1.68 bits per heavy atom. The van der Waals surface area contributed by atoms with Gasteiger partial charge in [-0.15, -0.1) is 0 Å². The summed E-state index contributed by atoms with van der Waals surface area (Å²) in [5.74, 6) is -0.657. The molecule has 1 amide bonds. The van der Waals surface area contributed by atoms with Crippen LogP contribution in [0.1, 0.15) is 20.7 Å². The largest absolute Gasteiger partial charge is 0.287 e. The lowest BCUT2D eigenvalue weighted by molar-refractivity contribution is 0.0955. The van der Waals surface area contributed by atoms with E-state index in [-0.39, 0.29) is 11.7 Å². The van der Waals surface area contributed by atoms with Gasteiger partial charge in [-0.1, -0.05) is 30.3 Å². The molecule has 0 radical (unpaired) electrons. The van der Waals surface area contributed by atoms with Crippen molar-refractivity contribution >= 4 is 17.9 Å². The fourth-order valence-electron chi connectivity index (χ4n) is 1.39. The summed E-state index contributed by atoms with van der Waals surface area (Å²) in [6.07, 6.45) is 4.09. The lowest BCUT2D eigenvalue weighted by Gasteiger charge is -1.98. The molecule has 1 aromatic heterocycles. The maximum atomic E-state index is 11.7. The number of ketones is 1. The van der Waals surface area contributed by atoms with E-state index in [0.29, 0.717) is 11.1 Å². The van der Waals surface area contributed by atoms with Gasteiger partial charge in [-0.2, -0.15) is 5.10 Å². The maximum absolute atomic E-state index is 11.7. The number of hydrogen-bond donors (Lipinski definition) is 1. The molecule has 0 spiro atoms. The minimum absolute atomic E-state index is 0.268. The third-order valence-electron chi connectivity index (χ3n) is 2.35. The summed E-state index contributed by atoms with van der Waals surface area (Å²) < 4.78 is 0. The molecular formula is C14H11N3O2. The van der Waals surface area contributed by atoms with Gasteiger partial charge in [-0.3, -0.25) is 14.6 Å². The summed E-state index contributed by atoms with van der Waals surface area (Å²) in [7, 11) is 0. The number of aromatic nitrogens is 1. The van der Waals surface area contributed by atoms with Gasteiger partial charge in [0.25, 0.3) is 5.91 Å². The fourth-order valence-corrected chi connectivity index (χ4v) is 1.39. The molecule has 94 valence electrons. The first-order valence-electron chi connectivity index (χ1n) is 5.60. The van der Waals surface area contributed by atoms with E-state index in [1.165, 1.54) is 12.4 Å². The molecule has 0 aliphatic heterocycles. The Bertz CT molecular complexity index is 595. The van der Waals surface area contributed by atoms with Crippen LogP contribution in [0, 0.1) is 0 Å². The molecular weight excluding hydrogens is 242 g/mol. The zero-order valence-electron chi connectivity index (χ0n) is 9.98. The first-order chi connectivity index (χ1) is 9.27. The zero-order chi connectivity index (χ0) is 13.5. The second-order valence-corrected chi connectivity index (χ2v) is 3.67. The van der Waals surface area contributed by atoms with Crippen LogP contribution in [-0.4, -0.2) is 22.9 Å². The van der Waals surface area contributed by atoms with E-state index in [1.54, 1.807) is 36.4 Å². The first-order valence-corrected chi connectivity index (χ1v) is 5.60. The normalized spacial score (nSPS) is 10.3. The highest BCUT2D eigenvalue weighted by Gasteiger charge is 2.03. The van der Waals surface area contributed by atoms with Crippen molar-refractivity contribution in [2.45, 2.75) is 0 Å². The highest BCUT2D eigenvalue weighted by Crippen LogP contribution is 1.98. The molecule has 1 heterocycles. The number of hydrogen-bond acceptors (Lipinski definition) is 4. The van der Waals surface area contributed by atoms with Crippen LogP contribution in [0.15, 0.2) is 60.0 Å². The molecule has 0 unspecified atom stereocenters. The number of amides is 1. The third kappa shape index (κ3) is 3.57. The first kappa shape index (κ1) is 12.6. The van der Waals surface area contributed by atoms with Crippen molar-refractivity contribution in [1.82, 2.24) is 10.4 Å². The van der Waals surface area contributed by atoms with E-state index in [4.69, 9.17) is 0 Å². The van der Waals surface area contributed by atoms with Crippen LogP contribution in [0.2, 0.25) is 0 Å². The third-order valence-corrected chi connectivity index (χ3v) is 2.35. The number of pyridine rings is 1. The number of Topliss-reactive ketones (excluding diaryl/α,β-unsaturated/α-hetero) is 1. The van der Waals surface area contributed by atoms with Crippen molar-refractivity contribution in [2.75, 3.05) is 0 Å². The van der Waals surface area contributed by atoms with Gasteiger partial charge < -0.3 is 0 Å². The number of hydrazone groups is 1. The van der Waals surface area contributed by atoms with E-state index in [1.807, 2.05) is 6.07 Å². The lowest BCUT2D eigenvalue weighted by atomic mass is 10.1. The van der Waals surface area contributed by atoms with Gasteiger partial charge in [0, 0.05) is 23.5 Å². The molecule has 0 aliphatic carbocycles. The van der Waals surface area contributed by atoms with Crippen LogP contribution in [0.25, 0.3) is 0 Å². The standard InChI is InChI=1S/C14H11N3O2/c18-13(11-4-2-1-3-5-11)10-16-17-14(19)12-6-8-15-9-7-12/h1-10H,(H,17,19)/b16-10+. The molecule has 5 heteroatoms. The van der Waals surface area contributed by atoms with Crippen LogP contribution in [0.3, 0.4) is 0 Å².